The fourth-order valence-electron chi connectivity index (χ4n) is 11.6. The highest BCUT2D eigenvalue weighted by Gasteiger charge is 2.69. The van der Waals surface area contributed by atoms with Crippen LogP contribution in [0.5, 0.6) is 0 Å². The number of carbonyl (C=O) groups is 3. The van der Waals surface area contributed by atoms with E-state index in [4.69, 9.17) is 21.8 Å². The predicted octanol–water partition coefficient (Wildman–Crippen LogP) is 7.72. The third kappa shape index (κ3) is 4.82. The number of hydrogen-bond acceptors (Lipinski definition) is 8. The fourth-order valence-corrected chi connectivity index (χ4v) is 12.7. The summed E-state index contributed by atoms with van der Waals surface area (Å²) in [5.74, 6) is 0.735. The molecule has 0 N–H and O–H groups in total. The molecule has 5 fully saturated rings. The molecule has 1 saturated heterocycles. The molecular weight excluding hydrogens is 605 g/mol. The van der Waals surface area contributed by atoms with Crippen LogP contribution in [0.1, 0.15) is 113 Å². The molecule has 9 heteroatoms. The summed E-state index contributed by atoms with van der Waals surface area (Å²) in [4.78, 5) is 45.0. The number of carbonyl (C=O) groups excluding carboxylic acids is 3. The normalized spacial score (nSPS) is 42.6. The molecule has 45 heavy (non-hydrogen) atoms. The summed E-state index contributed by atoms with van der Waals surface area (Å²) in [6.45, 7) is 16.8. The minimum Gasteiger partial charge on any atom is -0.469 e. The standard InChI is InChI=1S/C36H52N2O5S2/c1-31(2)15-17-36(29(41)42-8)18-16-34(6)22(23(36)19-31)9-10-25-33(5)13-12-26(32(3,4)24(33)11-14-35(25,34)7)37-43-28(40)20-38-27(39)21-45-30(38)44/h9,23-25H,10-21H2,1-8H3/b37-26-/t23-,24-,25+,33+,34-,35-,36+/m1/s1. The van der Waals surface area contributed by atoms with Crippen LogP contribution in [0.15, 0.2) is 16.8 Å². The summed E-state index contributed by atoms with van der Waals surface area (Å²) in [6, 6.07) is 0. The van der Waals surface area contributed by atoms with Gasteiger partial charge in [-0.2, -0.15) is 0 Å². The van der Waals surface area contributed by atoms with Crippen LogP contribution in [-0.2, 0) is 24.0 Å². The average Bonchev–Trinajstić information content (AvgIpc) is 3.28. The number of allylic oxidation sites excluding steroid dienone is 2. The van der Waals surface area contributed by atoms with Gasteiger partial charge in [0.1, 0.15) is 10.9 Å². The van der Waals surface area contributed by atoms with E-state index in [2.05, 4.69) is 59.7 Å². The largest absolute Gasteiger partial charge is 0.469 e. The zero-order valence-corrected chi connectivity index (χ0v) is 30.2. The number of oxime groups is 1. The maximum absolute atomic E-state index is 13.5. The smallest absolute Gasteiger partial charge is 0.354 e. The first-order valence-electron chi connectivity index (χ1n) is 17.0. The Bertz CT molecular complexity index is 1370. The third-order valence-electron chi connectivity index (χ3n) is 14.4. The minimum absolute atomic E-state index is 0.00377. The van der Waals surface area contributed by atoms with E-state index in [0.29, 0.717) is 16.2 Å². The average molecular weight is 657 g/mol. The van der Waals surface area contributed by atoms with E-state index >= 15 is 0 Å². The van der Waals surface area contributed by atoms with Crippen molar-refractivity contribution in [3.8, 4) is 0 Å². The lowest BCUT2D eigenvalue weighted by atomic mass is 9.33. The number of rotatable bonds is 4. The molecule has 6 rings (SSSR count). The molecule has 0 unspecified atom stereocenters. The van der Waals surface area contributed by atoms with Crippen LogP contribution < -0.4 is 0 Å². The van der Waals surface area contributed by atoms with Crippen molar-refractivity contribution < 1.29 is 24.0 Å². The number of nitrogens with zero attached hydrogens (tertiary/aromatic N) is 2. The summed E-state index contributed by atoms with van der Waals surface area (Å²) >= 11 is 6.49. The van der Waals surface area contributed by atoms with Gasteiger partial charge in [-0.1, -0.05) is 89.3 Å². The van der Waals surface area contributed by atoms with E-state index in [1.54, 1.807) is 12.7 Å². The van der Waals surface area contributed by atoms with Crippen molar-refractivity contribution in [1.82, 2.24) is 4.90 Å². The van der Waals surface area contributed by atoms with Crippen molar-refractivity contribution >= 4 is 51.9 Å². The molecule has 5 aliphatic carbocycles. The van der Waals surface area contributed by atoms with Gasteiger partial charge >= 0.3 is 11.9 Å². The first kappa shape index (κ1) is 33.2. The summed E-state index contributed by atoms with van der Waals surface area (Å²) < 4.78 is 5.95. The molecule has 0 aromatic rings. The maximum Gasteiger partial charge on any atom is 0.354 e. The van der Waals surface area contributed by atoms with Crippen molar-refractivity contribution in [3.63, 3.8) is 0 Å². The van der Waals surface area contributed by atoms with Gasteiger partial charge in [0, 0.05) is 5.41 Å². The van der Waals surface area contributed by atoms with Gasteiger partial charge < -0.3 is 9.57 Å². The molecule has 0 aromatic heterocycles. The summed E-state index contributed by atoms with van der Waals surface area (Å²) in [5.41, 5.74) is 2.36. The molecule has 0 radical (unpaired) electrons. The number of esters is 1. The van der Waals surface area contributed by atoms with E-state index in [1.807, 2.05) is 0 Å². The lowest BCUT2D eigenvalue weighted by molar-refractivity contribution is -0.181. The second kappa shape index (κ2) is 10.9. The Balaban J connectivity index is 1.27. The quantitative estimate of drug-likeness (QED) is 0.101. The summed E-state index contributed by atoms with van der Waals surface area (Å²) in [6.07, 6.45) is 12.6. The van der Waals surface area contributed by atoms with E-state index in [0.717, 1.165) is 69.9 Å². The molecule has 6 aliphatic rings. The molecule has 1 amide bonds. The molecule has 4 saturated carbocycles. The van der Waals surface area contributed by atoms with Gasteiger partial charge in [-0.15, -0.1) is 0 Å². The third-order valence-corrected chi connectivity index (χ3v) is 15.8. The maximum atomic E-state index is 13.5. The second-order valence-corrected chi connectivity index (χ2v) is 18.7. The first-order valence-corrected chi connectivity index (χ1v) is 18.4. The molecule has 1 aliphatic heterocycles. The number of thiocarbonyl (C=S) groups is 1. The van der Waals surface area contributed by atoms with Gasteiger partial charge in [-0.3, -0.25) is 14.5 Å². The van der Waals surface area contributed by atoms with Crippen molar-refractivity contribution in [2.75, 3.05) is 19.4 Å². The van der Waals surface area contributed by atoms with Crippen LogP contribution in [0.4, 0.5) is 0 Å². The van der Waals surface area contributed by atoms with E-state index in [9.17, 15) is 14.4 Å². The minimum atomic E-state index is -0.551. The van der Waals surface area contributed by atoms with Crippen LogP contribution in [0.25, 0.3) is 0 Å². The Hall–Kier alpha value is -1.74. The Morgan fingerprint density at radius 2 is 1.73 bits per heavy atom. The van der Waals surface area contributed by atoms with Gasteiger partial charge in [0.15, 0.2) is 0 Å². The number of methoxy groups -OCH3 is 1. The van der Waals surface area contributed by atoms with Gasteiger partial charge in [0.2, 0.25) is 5.91 Å². The molecule has 0 aromatic carbocycles. The van der Waals surface area contributed by atoms with Gasteiger partial charge in [0.05, 0.1) is 24.0 Å². The van der Waals surface area contributed by atoms with Crippen molar-refractivity contribution in [1.29, 1.82) is 0 Å². The topological polar surface area (TPSA) is 85.3 Å². The van der Waals surface area contributed by atoms with Gasteiger partial charge in [0.25, 0.3) is 0 Å². The Morgan fingerprint density at radius 3 is 2.40 bits per heavy atom. The Morgan fingerprint density at radius 1 is 1.02 bits per heavy atom. The summed E-state index contributed by atoms with van der Waals surface area (Å²) in [7, 11) is 1.57. The number of amides is 1. The molecule has 1 heterocycles. The number of thioether (sulfide) groups is 1. The number of fused-ring (bicyclic) bond motifs is 7. The highest BCUT2D eigenvalue weighted by molar-refractivity contribution is 8.23. The van der Waals surface area contributed by atoms with E-state index < -0.39 is 5.97 Å². The highest BCUT2D eigenvalue weighted by Crippen LogP contribution is 2.75. The summed E-state index contributed by atoms with van der Waals surface area (Å²) in [5, 5.41) is 4.47. The highest BCUT2D eigenvalue weighted by atomic mass is 32.2. The SMILES string of the molecule is COC(=O)[C@]12CCC(C)(C)C[C@@H]1C1=CC[C@H]3[C@@]4(C)CC/C(=N/OC(=O)CN5C(=O)CSC5=S)C(C)(C)[C@H]4CC[C@@]3(C)[C@]1(C)CC2. The number of ether oxygens (including phenoxy) is 1. The first-order chi connectivity index (χ1) is 20.9. The van der Waals surface area contributed by atoms with Crippen molar-refractivity contribution in [3.05, 3.63) is 11.6 Å². The van der Waals surface area contributed by atoms with E-state index in [-0.39, 0.29) is 62.6 Å². The zero-order valence-electron chi connectivity index (χ0n) is 28.5. The Labute approximate surface area is 279 Å². The monoisotopic (exact) mass is 656 g/mol. The molecule has 0 bridgehead atoms. The van der Waals surface area contributed by atoms with Crippen LogP contribution in [0.2, 0.25) is 0 Å². The molecule has 7 atom stereocenters. The molecule has 7 nitrogen and oxygen atoms in total. The van der Waals surface area contributed by atoms with Crippen molar-refractivity contribution in [2.24, 2.45) is 55.4 Å². The Kier molecular flexibility index (Phi) is 8.03. The molecular formula is C36H52N2O5S2. The number of hydrogen-bond donors (Lipinski definition) is 0. The van der Waals surface area contributed by atoms with Crippen LogP contribution in [0, 0.1) is 50.2 Å². The molecule has 248 valence electrons. The van der Waals surface area contributed by atoms with Crippen LogP contribution in [0.3, 0.4) is 0 Å². The van der Waals surface area contributed by atoms with Crippen LogP contribution in [-0.4, -0.2) is 52.2 Å². The van der Waals surface area contributed by atoms with Gasteiger partial charge in [-0.05, 0) is 104 Å². The van der Waals surface area contributed by atoms with Crippen LogP contribution >= 0.6 is 24.0 Å². The zero-order chi connectivity index (χ0) is 32.8. The molecule has 0 spiro atoms. The van der Waals surface area contributed by atoms with Gasteiger partial charge in [-0.25, -0.2) is 4.79 Å². The lowest BCUT2D eigenvalue weighted by Crippen LogP contribution is -2.64. The van der Waals surface area contributed by atoms with Crippen molar-refractivity contribution in [2.45, 2.75) is 113 Å². The van der Waals surface area contributed by atoms with E-state index in [1.165, 1.54) is 16.7 Å². The lowest BCUT2D eigenvalue weighted by Gasteiger charge is -2.70. The second-order valence-electron chi connectivity index (χ2n) is 17.1. The fraction of sp³-hybridized carbons (Fsp3) is 0.806. The predicted molar refractivity (Wildman–Crippen MR) is 181 cm³/mol.